The number of unbranched alkanes of at least 4 members (excludes halogenated alkanes) is 11. The second-order valence-electron chi connectivity index (χ2n) is 6.56. The summed E-state index contributed by atoms with van der Waals surface area (Å²) in [6, 6.07) is 0. The molecule has 0 N–H and O–H groups in total. The lowest BCUT2D eigenvalue weighted by atomic mass is 9.94. The van der Waals surface area contributed by atoms with Crippen LogP contribution in [0.1, 0.15) is 110 Å². The lowest BCUT2D eigenvalue weighted by Crippen LogP contribution is -2.15. The zero-order chi connectivity index (χ0) is 16.5. The minimum absolute atomic E-state index is 0.122. The molecule has 0 aromatic carbocycles. The number of hydrogen-bond acceptors (Lipinski definition) is 2. The summed E-state index contributed by atoms with van der Waals surface area (Å²) >= 11 is 0. The van der Waals surface area contributed by atoms with Gasteiger partial charge in [-0.05, 0) is 12.8 Å². The van der Waals surface area contributed by atoms with Gasteiger partial charge in [-0.3, -0.25) is 9.59 Å². The second kappa shape index (κ2) is 16.7. The fourth-order valence-electron chi connectivity index (χ4n) is 2.84. The molecule has 0 spiro atoms. The molecule has 0 saturated carbocycles. The van der Waals surface area contributed by atoms with Crippen LogP contribution in [-0.2, 0) is 9.59 Å². The molecule has 0 rings (SSSR count). The lowest BCUT2D eigenvalue weighted by molar-refractivity contribution is -0.121. The first-order chi connectivity index (χ1) is 10.8. The molecule has 0 aliphatic carbocycles. The first-order valence-electron chi connectivity index (χ1n) is 9.66. The topological polar surface area (TPSA) is 34.1 Å². The molecule has 2 nitrogen and oxygen atoms in total. The van der Waals surface area contributed by atoms with E-state index < -0.39 is 5.92 Å². The van der Waals surface area contributed by atoms with Crippen LogP contribution in [-0.4, -0.2) is 12.1 Å². The van der Waals surface area contributed by atoms with E-state index in [2.05, 4.69) is 13.8 Å². The van der Waals surface area contributed by atoms with Crippen LogP contribution in [0.25, 0.3) is 0 Å². The van der Waals surface area contributed by atoms with Crippen molar-refractivity contribution in [2.24, 2.45) is 5.92 Å². The Morgan fingerprint density at radius 3 is 1.68 bits per heavy atom. The van der Waals surface area contributed by atoms with Crippen molar-refractivity contribution in [3.63, 3.8) is 0 Å². The molecule has 1 unspecified atom stereocenters. The highest BCUT2D eigenvalue weighted by Crippen LogP contribution is 2.15. The van der Waals surface area contributed by atoms with Crippen molar-refractivity contribution in [1.82, 2.24) is 0 Å². The van der Waals surface area contributed by atoms with Crippen LogP contribution >= 0.6 is 0 Å². The maximum absolute atomic E-state index is 12.0. The summed E-state index contributed by atoms with van der Waals surface area (Å²) in [7, 11) is 0. The third kappa shape index (κ3) is 13.0. The molecule has 0 amide bonds. The van der Waals surface area contributed by atoms with Gasteiger partial charge in [0.05, 0.1) is 5.92 Å². The maximum Gasteiger partial charge on any atom is 0.209 e. The average molecular weight is 310 g/mol. The van der Waals surface area contributed by atoms with Crippen molar-refractivity contribution in [2.45, 2.75) is 110 Å². The minimum Gasteiger partial charge on any atom is -0.299 e. The Morgan fingerprint density at radius 1 is 0.727 bits per heavy atom. The summed E-state index contributed by atoms with van der Waals surface area (Å²) in [5.74, 6) is -0.330. The Morgan fingerprint density at radius 2 is 1.18 bits per heavy atom. The third-order valence-corrected chi connectivity index (χ3v) is 4.40. The van der Waals surface area contributed by atoms with Gasteiger partial charge < -0.3 is 0 Å². The molecule has 0 aliphatic heterocycles. The first kappa shape index (κ1) is 21.3. The smallest absolute Gasteiger partial charge is 0.209 e. The van der Waals surface area contributed by atoms with Gasteiger partial charge in [0.15, 0.2) is 0 Å². The van der Waals surface area contributed by atoms with Crippen molar-refractivity contribution >= 4 is 12.1 Å². The van der Waals surface area contributed by atoms with E-state index in [9.17, 15) is 9.59 Å². The summed E-state index contributed by atoms with van der Waals surface area (Å²) < 4.78 is 0. The van der Waals surface area contributed by atoms with Crippen LogP contribution in [0.3, 0.4) is 0 Å². The summed E-state index contributed by atoms with van der Waals surface area (Å²) in [5, 5.41) is 0. The Labute approximate surface area is 138 Å². The van der Waals surface area contributed by atoms with Gasteiger partial charge in [-0.1, -0.05) is 90.9 Å². The van der Waals surface area contributed by atoms with Gasteiger partial charge >= 0.3 is 0 Å². The molecule has 0 saturated heterocycles. The van der Waals surface area contributed by atoms with E-state index in [1.54, 1.807) is 0 Å². The molecule has 0 fully saturated rings. The van der Waals surface area contributed by atoms with Crippen molar-refractivity contribution < 1.29 is 9.59 Å². The van der Waals surface area contributed by atoms with Gasteiger partial charge in [-0.2, -0.15) is 0 Å². The molecule has 129 valence electrons. The van der Waals surface area contributed by atoms with Gasteiger partial charge in [0.25, 0.3) is 0 Å². The highest BCUT2D eigenvalue weighted by molar-refractivity contribution is 5.93. The first-order valence-corrected chi connectivity index (χ1v) is 9.66. The normalized spacial score (nSPS) is 12.3. The quantitative estimate of drug-likeness (QED) is 0.238. The van der Waals surface area contributed by atoms with Crippen LogP contribution in [0.15, 0.2) is 0 Å². The Bertz CT molecular complexity index is 260. The molecule has 1 atom stereocenters. The molecular formula is C20H37O2. The molecule has 0 bridgehead atoms. The number of Topliss-reactive ketones (excluding diaryl/α,β-unsaturated/α-hetero) is 1. The molecule has 22 heavy (non-hydrogen) atoms. The monoisotopic (exact) mass is 309 g/mol. The fourth-order valence-corrected chi connectivity index (χ4v) is 2.84. The van der Waals surface area contributed by atoms with Crippen LogP contribution in [0.5, 0.6) is 0 Å². The van der Waals surface area contributed by atoms with E-state index in [0.717, 1.165) is 25.7 Å². The third-order valence-electron chi connectivity index (χ3n) is 4.40. The maximum atomic E-state index is 12.0. The SMILES string of the molecule is CCCCCCCCCC(=O)C([C]=O)CCCCCCCC. The standard InChI is InChI=1S/C20H37O2/c1-3-5-7-9-11-13-15-17-20(22)19(18-21)16-14-12-10-8-6-4-2/h19H,3-17H2,1-2H3. The van der Waals surface area contributed by atoms with Gasteiger partial charge in [0, 0.05) is 6.42 Å². The summed E-state index contributed by atoms with van der Waals surface area (Å²) in [5.41, 5.74) is 0. The molecule has 1 radical (unpaired) electrons. The van der Waals surface area contributed by atoms with Gasteiger partial charge in [-0.15, -0.1) is 0 Å². The zero-order valence-corrected chi connectivity index (χ0v) is 15.0. The van der Waals surface area contributed by atoms with Crippen molar-refractivity contribution in [2.75, 3.05) is 0 Å². The number of carbonyl (C=O) groups is 1. The van der Waals surface area contributed by atoms with Gasteiger partial charge in [0.2, 0.25) is 6.29 Å². The number of hydrogen-bond donors (Lipinski definition) is 0. The molecule has 0 aromatic heterocycles. The Kier molecular flexibility index (Phi) is 16.2. The van der Waals surface area contributed by atoms with E-state index >= 15 is 0 Å². The Balaban J connectivity index is 3.57. The van der Waals surface area contributed by atoms with Crippen LogP contribution in [0.4, 0.5) is 0 Å². The number of ketones is 1. The molecule has 2 heteroatoms. The summed E-state index contributed by atoms with van der Waals surface area (Å²) in [4.78, 5) is 23.0. The van der Waals surface area contributed by atoms with E-state index in [1.807, 2.05) is 6.29 Å². The fraction of sp³-hybridized carbons (Fsp3) is 0.900. The van der Waals surface area contributed by atoms with Crippen LogP contribution in [0.2, 0.25) is 0 Å². The Hall–Kier alpha value is -0.660. The predicted molar refractivity (Wildman–Crippen MR) is 94.8 cm³/mol. The van der Waals surface area contributed by atoms with E-state index in [1.165, 1.54) is 57.8 Å². The molecule has 0 heterocycles. The van der Waals surface area contributed by atoms with E-state index in [4.69, 9.17) is 0 Å². The minimum atomic E-state index is -0.453. The van der Waals surface area contributed by atoms with Gasteiger partial charge in [-0.25, -0.2) is 0 Å². The van der Waals surface area contributed by atoms with E-state index in [-0.39, 0.29) is 5.78 Å². The van der Waals surface area contributed by atoms with Gasteiger partial charge in [0.1, 0.15) is 5.78 Å². The molecule has 0 aliphatic rings. The highest BCUT2D eigenvalue weighted by Gasteiger charge is 2.17. The average Bonchev–Trinajstić information content (AvgIpc) is 2.53. The molecule has 0 aromatic rings. The van der Waals surface area contributed by atoms with Crippen LogP contribution < -0.4 is 0 Å². The number of rotatable bonds is 17. The molecular weight excluding hydrogens is 272 g/mol. The van der Waals surface area contributed by atoms with Crippen LogP contribution in [0, 0.1) is 5.92 Å². The van der Waals surface area contributed by atoms with E-state index in [0.29, 0.717) is 12.8 Å². The largest absolute Gasteiger partial charge is 0.299 e. The highest BCUT2D eigenvalue weighted by atomic mass is 16.1. The van der Waals surface area contributed by atoms with Crippen molar-refractivity contribution in [1.29, 1.82) is 0 Å². The van der Waals surface area contributed by atoms with Crippen molar-refractivity contribution in [3.05, 3.63) is 0 Å². The summed E-state index contributed by atoms with van der Waals surface area (Å²) in [6.45, 7) is 4.43. The zero-order valence-electron chi connectivity index (χ0n) is 15.0. The summed E-state index contributed by atoms with van der Waals surface area (Å²) in [6.07, 6.45) is 18.9. The predicted octanol–water partition coefficient (Wildman–Crippen LogP) is 6.17. The lowest BCUT2D eigenvalue weighted by Gasteiger charge is -2.08. The number of carbonyl (C=O) groups excluding carboxylic acids is 2. The van der Waals surface area contributed by atoms with Crippen molar-refractivity contribution in [3.8, 4) is 0 Å². The second-order valence-corrected chi connectivity index (χ2v) is 6.56.